The van der Waals surface area contributed by atoms with Crippen LogP contribution in [0.2, 0.25) is 0 Å². The molecule has 3 aromatic carbocycles. The SMILES string of the molecule is CCCC[C@H](N)C(=O)N[C@@H](CCCN=C(N)N)C(=O)N[C@@H](CCCN=C(N)N)C(=O)N[C@@H](CCCN=C(N)N)C(=O)N[C@@H](CCCN=C(N)N)C(=O)N[C@@H](Cc1ccc2ccccc2c1)C(=O)N[C@@H](Cc1ccccc1)C(=O)N[C@@H](CCC(N)=O)C(=O)O. The van der Waals surface area contributed by atoms with Crippen LogP contribution in [-0.4, -0.2) is 157 Å². The van der Waals surface area contributed by atoms with E-state index in [1.165, 1.54) is 0 Å². The number of fused-ring (bicyclic) bond motifs is 1. The molecule has 8 amide bonds. The molecule has 0 fully saturated rings. The summed E-state index contributed by atoms with van der Waals surface area (Å²) in [5.41, 5.74) is 57.2. The summed E-state index contributed by atoms with van der Waals surface area (Å²) in [4.78, 5) is 141. The summed E-state index contributed by atoms with van der Waals surface area (Å²) in [6.07, 6.45) is 0.821. The Hall–Kier alpha value is -9.81. The highest BCUT2D eigenvalue weighted by Crippen LogP contribution is 2.18. The number of hydrogen-bond acceptors (Lipinski definition) is 14. The molecule has 8 atom stereocenters. The highest BCUT2D eigenvalue weighted by molar-refractivity contribution is 5.98. The minimum Gasteiger partial charge on any atom is -0.480 e. The van der Waals surface area contributed by atoms with E-state index in [4.69, 9.17) is 57.3 Å². The molecule has 28 N–H and O–H groups in total. The zero-order valence-corrected chi connectivity index (χ0v) is 49.7. The van der Waals surface area contributed by atoms with Gasteiger partial charge in [0.1, 0.15) is 42.3 Å². The number of hydrogen-bond donors (Lipinski definition) is 18. The minimum absolute atomic E-state index is 0.0100. The van der Waals surface area contributed by atoms with Crippen molar-refractivity contribution in [3.8, 4) is 0 Å². The van der Waals surface area contributed by atoms with Gasteiger partial charge in [-0.25, -0.2) is 4.79 Å². The van der Waals surface area contributed by atoms with Crippen LogP contribution in [0.4, 0.5) is 0 Å². The number of carboxylic acid groups (broad SMARTS) is 1. The van der Waals surface area contributed by atoms with Gasteiger partial charge in [-0.15, -0.1) is 0 Å². The third-order valence-corrected chi connectivity index (χ3v) is 13.6. The summed E-state index contributed by atoms with van der Waals surface area (Å²) in [5, 5.41) is 30.3. The molecule has 3 aromatic rings. The first-order valence-electron chi connectivity index (χ1n) is 29.0. The second-order valence-electron chi connectivity index (χ2n) is 20.9. The molecule has 3 rings (SSSR count). The van der Waals surface area contributed by atoms with E-state index < -0.39 is 102 Å². The van der Waals surface area contributed by atoms with Crippen LogP contribution in [0.1, 0.15) is 102 Å². The molecular weight excluding hydrogens is 1140 g/mol. The molecule has 0 aliphatic rings. The Morgan fingerprint density at radius 1 is 0.398 bits per heavy atom. The minimum atomic E-state index is -1.57. The Kier molecular flexibility index (Phi) is 32.1. The topological polar surface area (TPSA) is 568 Å². The molecule has 31 nitrogen and oxygen atoms in total. The molecule has 0 spiro atoms. The predicted molar refractivity (Wildman–Crippen MR) is 335 cm³/mol. The van der Waals surface area contributed by atoms with Crippen LogP contribution in [-0.2, 0) is 56.0 Å². The van der Waals surface area contributed by atoms with Gasteiger partial charge >= 0.3 is 5.97 Å². The molecular formula is C57H89N21O10. The normalized spacial score (nSPS) is 13.6. The molecule has 0 saturated heterocycles. The summed E-state index contributed by atoms with van der Waals surface area (Å²) >= 11 is 0. The Balaban J connectivity index is 2.11. The van der Waals surface area contributed by atoms with Gasteiger partial charge in [0.05, 0.1) is 6.04 Å². The van der Waals surface area contributed by atoms with Gasteiger partial charge in [0.25, 0.3) is 0 Å². The first-order valence-corrected chi connectivity index (χ1v) is 29.0. The molecule has 0 aliphatic heterocycles. The lowest BCUT2D eigenvalue weighted by Gasteiger charge is -2.28. The van der Waals surface area contributed by atoms with Gasteiger partial charge in [-0.05, 0) is 86.1 Å². The predicted octanol–water partition coefficient (Wildman–Crippen LogP) is -3.90. The van der Waals surface area contributed by atoms with Crippen molar-refractivity contribution >= 4 is 87.8 Å². The number of aliphatic carboxylic acids is 1. The molecule has 0 radical (unpaired) electrons. The van der Waals surface area contributed by atoms with Crippen LogP contribution in [0, 0.1) is 0 Å². The summed E-state index contributed by atoms with van der Waals surface area (Å²) < 4.78 is 0. The molecule has 0 unspecified atom stereocenters. The third-order valence-electron chi connectivity index (χ3n) is 13.6. The van der Waals surface area contributed by atoms with E-state index in [1.54, 1.807) is 36.4 Å². The maximum atomic E-state index is 14.9. The van der Waals surface area contributed by atoms with Crippen LogP contribution in [0.15, 0.2) is 92.8 Å². The molecule has 482 valence electrons. The standard InChI is InChI=1S/C57H89N21O10/c1-2-3-17-37(58)46(80)72-38(18-9-26-68-54(60)61)47(81)73-39(19-10-27-69-55(62)63)48(82)74-40(20-11-28-70-56(64)65)49(83)75-41(21-12-29-71-57(66)67)50(84)77-44(32-34-22-23-35-15-7-8-16-36(35)30-34)52(86)78-43(31-33-13-5-4-6-14-33)51(85)76-42(53(87)88)24-25-45(59)79/h4-8,13-16,22-23,30,37-44H,2-3,9-12,17-21,24-29,31-32,58H2,1H3,(H2,59,79)(H,72,80)(H,73,81)(H,74,82)(H,75,83)(H,76,85)(H,77,84)(H,78,86)(H,87,88)(H4,60,61,68)(H4,62,63,69)(H4,64,65,70)(H4,66,67,71)/t37-,38-,39-,40-,41-,42-,43-,44-/m0/s1. The van der Waals surface area contributed by atoms with Gasteiger partial charge in [-0.2, -0.15) is 0 Å². The van der Waals surface area contributed by atoms with Gasteiger partial charge < -0.3 is 99.7 Å². The Labute approximate surface area is 510 Å². The van der Waals surface area contributed by atoms with Crippen molar-refractivity contribution in [1.29, 1.82) is 0 Å². The fourth-order valence-electron chi connectivity index (χ4n) is 8.97. The van der Waals surface area contributed by atoms with E-state index in [2.05, 4.69) is 57.2 Å². The number of nitrogens with two attached hydrogens (primary N) is 10. The molecule has 0 aliphatic carbocycles. The van der Waals surface area contributed by atoms with Crippen molar-refractivity contribution in [2.24, 2.45) is 77.3 Å². The number of amides is 8. The number of benzene rings is 3. The molecule has 31 heteroatoms. The maximum absolute atomic E-state index is 14.9. The number of carbonyl (C=O) groups is 9. The number of unbranched alkanes of at least 4 members (excludes halogenated alkanes) is 1. The fraction of sp³-hybridized carbons (Fsp3) is 0.491. The lowest BCUT2D eigenvalue weighted by Crippen LogP contribution is -2.60. The smallest absolute Gasteiger partial charge is 0.326 e. The van der Waals surface area contributed by atoms with Crippen LogP contribution in [0.5, 0.6) is 0 Å². The average molecular weight is 1230 g/mol. The number of nitrogens with one attached hydrogen (secondary N) is 7. The first-order chi connectivity index (χ1) is 41.9. The number of carboxylic acids is 1. The highest BCUT2D eigenvalue weighted by atomic mass is 16.4. The Bertz CT molecular complexity index is 2910. The van der Waals surface area contributed by atoms with E-state index >= 15 is 0 Å². The monoisotopic (exact) mass is 1230 g/mol. The molecule has 0 aromatic heterocycles. The number of rotatable bonds is 41. The number of primary amides is 1. The van der Waals surface area contributed by atoms with Crippen molar-refractivity contribution in [1.82, 2.24) is 37.2 Å². The van der Waals surface area contributed by atoms with E-state index in [-0.39, 0.29) is 127 Å². The average Bonchev–Trinajstić information content (AvgIpc) is 3.52. The van der Waals surface area contributed by atoms with Crippen LogP contribution < -0.4 is 94.6 Å². The van der Waals surface area contributed by atoms with Crippen LogP contribution in [0.3, 0.4) is 0 Å². The summed E-state index contributed by atoms with van der Waals surface area (Å²) in [6, 6.07) is 10.2. The van der Waals surface area contributed by atoms with Crippen molar-refractivity contribution < 1.29 is 48.3 Å². The number of aliphatic imine (C=N–C) groups is 4. The van der Waals surface area contributed by atoms with Crippen molar-refractivity contribution in [3.05, 3.63) is 83.9 Å². The summed E-state index contributed by atoms with van der Waals surface area (Å²) in [6.45, 7) is 2.02. The quantitative estimate of drug-likeness (QED) is 0.0147. The highest BCUT2D eigenvalue weighted by Gasteiger charge is 2.35. The van der Waals surface area contributed by atoms with Crippen LogP contribution in [0.25, 0.3) is 10.8 Å². The van der Waals surface area contributed by atoms with Crippen molar-refractivity contribution in [3.63, 3.8) is 0 Å². The second-order valence-corrected chi connectivity index (χ2v) is 20.9. The Morgan fingerprint density at radius 3 is 1.14 bits per heavy atom. The largest absolute Gasteiger partial charge is 0.480 e. The number of nitrogens with zero attached hydrogens (tertiary/aromatic N) is 4. The van der Waals surface area contributed by atoms with Gasteiger partial charge in [0.2, 0.25) is 47.3 Å². The lowest BCUT2D eigenvalue weighted by molar-refractivity contribution is -0.142. The molecule has 0 bridgehead atoms. The summed E-state index contributed by atoms with van der Waals surface area (Å²) in [7, 11) is 0. The van der Waals surface area contributed by atoms with E-state index in [0.717, 1.165) is 17.2 Å². The van der Waals surface area contributed by atoms with Crippen molar-refractivity contribution in [2.45, 2.75) is 152 Å². The van der Waals surface area contributed by atoms with E-state index in [0.29, 0.717) is 24.0 Å². The van der Waals surface area contributed by atoms with Crippen LogP contribution >= 0.6 is 0 Å². The molecule has 88 heavy (non-hydrogen) atoms. The van der Waals surface area contributed by atoms with E-state index in [9.17, 15) is 48.3 Å². The van der Waals surface area contributed by atoms with Gasteiger partial charge in [0, 0.05) is 45.4 Å². The lowest BCUT2D eigenvalue weighted by atomic mass is 9.99. The zero-order chi connectivity index (χ0) is 65.1. The fourth-order valence-corrected chi connectivity index (χ4v) is 8.97. The Morgan fingerprint density at radius 2 is 0.750 bits per heavy atom. The van der Waals surface area contributed by atoms with E-state index in [1.807, 2.05) is 43.3 Å². The zero-order valence-electron chi connectivity index (χ0n) is 49.7. The maximum Gasteiger partial charge on any atom is 0.326 e. The van der Waals surface area contributed by atoms with Gasteiger partial charge in [-0.3, -0.25) is 58.3 Å². The molecule has 0 heterocycles. The van der Waals surface area contributed by atoms with Crippen molar-refractivity contribution in [2.75, 3.05) is 26.2 Å². The van der Waals surface area contributed by atoms with Gasteiger partial charge in [-0.1, -0.05) is 92.6 Å². The van der Waals surface area contributed by atoms with Gasteiger partial charge in [0.15, 0.2) is 23.8 Å². The molecule has 0 saturated carbocycles. The number of carbonyl (C=O) groups excluding carboxylic acids is 8. The second kappa shape index (κ2) is 39.0. The summed E-state index contributed by atoms with van der Waals surface area (Å²) in [5.74, 6) is -9.09. The first kappa shape index (κ1) is 72.4. The third kappa shape index (κ3) is 28.4. The number of guanidine groups is 4.